The molecule has 0 fully saturated rings. The van der Waals surface area contributed by atoms with Crippen molar-refractivity contribution in [2.75, 3.05) is 10.6 Å². The minimum Gasteiger partial charge on any atom is -0.377 e. The minimum atomic E-state index is -0.713. The number of hydrogen-bond donors (Lipinski definition) is 3. The summed E-state index contributed by atoms with van der Waals surface area (Å²) in [7, 11) is 0. The van der Waals surface area contributed by atoms with E-state index in [2.05, 4.69) is 15.6 Å². The number of carbonyl (C=O) groups is 1. The first-order valence-corrected chi connectivity index (χ1v) is 9.21. The lowest BCUT2D eigenvalue weighted by Crippen LogP contribution is -2.23. The lowest BCUT2D eigenvalue weighted by atomic mass is 10.1. The van der Waals surface area contributed by atoms with Gasteiger partial charge >= 0.3 is 0 Å². The Kier molecular flexibility index (Phi) is 6.20. The third kappa shape index (κ3) is 4.75. The first-order valence-electron chi connectivity index (χ1n) is 8.46. The Morgan fingerprint density at radius 1 is 1.10 bits per heavy atom. The van der Waals surface area contributed by atoms with Gasteiger partial charge in [-0.1, -0.05) is 29.3 Å². The summed E-state index contributed by atoms with van der Waals surface area (Å²) in [5, 5.41) is 5.63. The van der Waals surface area contributed by atoms with Crippen LogP contribution in [-0.2, 0) is 0 Å². The molecule has 1 atom stereocenters. The zero-order chi connectivity index (χ0) is 21.1. The largest absolute Gasteiger partial charge is 0.377 e. The smallest absolute Gasteiger partial charge is 0.261 e. The standard InChI is InChI=1S/C20H15Cl2F2N3O2/c1-10(17-15(21)5-6-16(24)18(17)22)26-13-8-14(19(28)25-9-13)20(29)27-12-4-2-3-11(23)7-12/h2-10,26H,1H3,(H,25,28)(H,27,29)/t10-/m1/s1. The lowest BCUT2D eigenvalue weighted by molar-refractivity contribution is 0.102. The van der Waals surface area contributed by atoms with Crippen LogP contribution in [0, 0.1) is 11.6 Å². The first-order chi connectivity index (χ1) is 13.8. The number of amides is 1. The Bertz CT molecular complexity index is 1130. The van der Waals surface area contributed by atoms with Crippen LogP contribution in [-0.4, -0.2) is 10.9 Å². The number of pyridine rings is 1. The van der Waals surface area contributed by atoms with E-state index in [0.29, 0.717) is 11.3 Å². The fraction of sp³-hybridized carbons (Fsp3) is 0.100. The highest BCUT2D eigenvalue weighted by molar-refractivity contribution is 6.36. The molecule has 0 saturated heterocycles. The van der Waals surface area contributed by atoms with Gasteiger partial charge in [0.05, 0.1) is 16.8 Å². The van der Waals surface area contributed by atoms with Crippen LogP contribution in [0.2, 0.25) is 10.0 Å². The molecule has 1 amide bonds. The molecule has 9 heteroatoms. The topological polar surface area (TPSA) is 74.0 Å². The van der Waals surface area contributed by atoms with Gasteiger partial charge in [-0.3, -0.25) is 9.59 Å². The maximum Gasteiger partial charge on any atom is 0.261 e. The summed E-state index contributed by atoms with van der Waals surface area (Å²) in [6.45, 7) is 1.70. The molecule has 0 bridgehead atoms. The van der Waals surface area contributed by atoms with Gasteiger partial charge in [0.15, 0.2) is 0 Å². The molecule has 29 heavy (non-hydrogen) atoms. The highest BCUT2D eigenvalue weighted by Crippen LogP contribution is 2.33. The number of aromatic nitrogens is 1. The van der Waals surface area contributed by atoms with Crippen LogP contribution in [0.3, 0.4) is 0 Å². The number of carbonyl (C=O) groups excluding carboxylic acids is 1. The predicted molar refractivity (Wildman–Crippen MR) is 110 cm³/mol. The molecule has 0 aliphatic rings. The van der Waals surface area contributed by atoms with E-state index in [1.807, 2.05) is 0 Å². The molecular weight excluding hydrogens is 423 g/mol. The van der Waals surface area contributed by atoms with E-state index in [1.54, 1.807) is 6.92 Å². The van der Waals surface area contributed by atoms with Crippen molar-refractivity contribution in [3.05, 3.63) is 91.8 Å². The van der Waals surface area contributed by atoms with E-state index in [0.717, 1.165) is 12.1 Å². The molecule has 0 aliphatic heterocycles. The van der Waals surface area contributed by atoms with Gasteiger partial charge in [0.25, 0.3) is 11.5 Å². The van der Waals surface area contributed by atoms with Crippen molar-refractivity contribution < 1.29 is 13.6 Å². The molecular formula is C20H15Cl2F2N3O2. The molecule has 5 nitrogen and oxygen atoms in total. The Balaban J connectivity index is 1.85. The second kappa shape index (κ2) is 8.63. The third-order valence-corrected chi connectivity index (χ3v) is 4.84. The third-order valence-electron chi connectivity index (χ3n) is 4.13. The Morgan fingerprint density at radius 2 is 1.86 bits per heavy atom. The van der Waals surface area contributed by atoms with Gasteiger partial charge < -0.3 is 15.6 Å². The van der Waals surface area contributed by atoms with Gasteiger partial charge in [0.1, 0.15) is 17.2 Å². The van der Waals surface area contributed by atoms with Crippen molar-refractivity contribution in [3.8, 4) is 0 Å². The molecule has 3 rings (SSSR count). The number of hydrogen-bond acceptors (Lipinski definition) is 3. The number of benzene rings is 2. The Morgan fingerprint density at radius 3 is 2.59 bits per heavy atom. The van der Waals surface area contributed by atoms with Crippen LogP contribution in [0.4, 0.5) is 20.2 Å². The maximum atomic E-state index is 13.8. The number of nitrogens with one attached hydrogen (secondary N) is 3. The van der Waals surface area contributed by atoms with E-state index in [4.69, 9.17) is 23.2 Å². The Labute approximate surface area is 174 Å². The number of aromatic amines is 1. The van der Waals surface area contributed by atoms with E-state index in [-0.39, 0.29) is 21.3 Å². The fourth-order valence-electron chi connectivity index (χ4n) is 2.76. The summed E-state index contributed by atoms with van der Waals surface area (Å²) >= 11 is 12.1. The Hall–Kier alpha value is -2.90. The molecule has 0 spiro atoms. The van der Waals surface area contributed by atoms with Crippen LogP contribution in [0.15, 0.2) is 53.5 Å². The van der Waals surface area contributed by atoms with Crippen LogP contribution in [0.25, 0.3) is 0 Å². The second-order valence-corrected chi connectivity index (χ2v) is 7.00. The highest BCUT2D eigenvalue weighted by Gasteiger charge is 2.18. The molecule has 1 aromatic heterocycles. The number of rotatable bonds is 5. The number of halogens is 4. The fourth-order valence-corrected chi connectivity index (χ4v) is 3.46. The maximum absolute atomic E-state index is 13.8. The average molecular weight is 438 g/mol. The lowest BCUT2D eigenvalue weighted by Gasteiger charge is -2.19. The van der Waals surface area contributed by atoms with Crippen molar-refractivity contribution in [2.24, 2.45) is 0 Å². The molecule has 2 aromatic carbocycles. The molecule has 0 aliphatic carbocycles. The van der Waals surface area contributed by atoms with Gasteiger partial charge in [0.2, 0.25) is 0 Å². The summed E-state index contributed by atoms with van der Waals surface area (Å²) in [5.74, 6) is -1.85. The van der Waals surface area contributed by atoms with Gasteiger partial charge in [-0.25, -0.2) is 8.78 Å². The van der Waals surface area contributed by atoms with Crippen LogP contribution in [0.5, 0.6) is 0 Å². The van der Waals surface area contributed by atoms with E-state index in [9.17, 15) is 18.4 Å². The summed E-state index contributed by atoms with van der Waals surface area (Å²) in [6.07, 6.45) is 1.36. The van der Waals surface area contributed by atoms with Crippen molar-refractivity contribution in [1.29, 1.82) is 0 Å². The number of anilines is 2. The quantitative estimate of drug-likeness (QED) is 0.468. The average Bonchev–Trinajstić information content (AvgIpc) is 2.66. The number of H-pyrrole nitrogens is 1. The van der Waals surface area contributed by atoms with E-state index in [1.165, 1.54) is 36.5 Å². The summed E-state index contributed by atoms with van der Waals surface area (Å²) < 4.78 is 27.1. The molecule has 0 saturated carbocycles. The zero-order valence-corrected chi connectivity index (χ0v) is 16.5. The van der Waals surface area contributed by atoms with Gasteiger partial charge in [-0.2, -0.15) is 0 Å². The first kappa shape index (κ1) is 20.8. The van der Waals surface area contributed by atoms with Crippen LogP contribution < -0.4 is 16.2 Å². The molecule has 3 aromatic rings. The van der Waals surface area contributed by atoms with Crippen molar-refractivity contribution in [3.63, 3.8) is 0 Å². The molecule has 150 valence electrons. The minimum absolute atomic E-state index is 0.119. The zero-order valence-electron chi connectivity index (χ0n) is 15.0. The SMILES string of the molecule is C[C@@H](Nc1c[nH]c(=O)c(C(=O)Nc2cccc(F)c2)c1)c1c(Cl)ccc(F)c1Cl. The van der Waals surface area contributed by atoms with Crippen molar-refractivity contribution in [1.82, 2.24) is 4.98 Å². The molecule has 3 N–H and O–H groups in total. The van der Waals surface area contributed by atoms with Crippen LogP contribution >= 0.6 is 23.2 Å². The normalized spacial score (nSPS) is 11.8. The van der Waals surface area contributed by atoms with Gasteiger partial charge in [-0.15, -0.1) is 0 Å². The molecule has 0 radical (unpaired) electrons. The summed E-state index contributed by atoms with van der Waals surface area (Å²) in [5.41, 5.74) is 0.101. The van der Waals surface area contributed by atoms with Gasteiger partial charge in [0, 0.05) is 22.5 Å². The van der Waals surface area contributed by atoms with Gasteiger partial charge in [-0.05, 0) is 43.3 Å². The highest BCUT2D eigenvalue weighted by atomic mass is 35.5. The summed E-state index contributed by atoms with van der Waals surface area (Å²) in [4.78, 5) is 27.0. The molecule has 1 heterocycles. The summed E-state index contributed by atoms with van der Waals surface area (Å²) in [6, 6.07) is 8.63. The van der Waals surface area contributed by atoms with E-state index < -0.39 is 29.1 Å². The van der Waals surface area contributed by atoms with Crippen molar-refractivity contribution in [2.45, 2.75) is 13.0 Å². The van der Waals surface area contributed by atoms with Crippen molar-refractivity contribution >= 4 is 40.5 Å². The van der Waals surface area contributed by atoms with E-state index >= 15 is 0 Å². The van der Waals surface area contributed by atoms with Crippen LogP contribution in [0.1, 0.15) is 28.9 Å². The monoisotopic (exact) mass is 437 g/mol. The predicted octanol–water partition coefficient (Wildman–Crippen LogP) is 5.39. The molecule has 0 unspecified atom stereocenters. The second-order valence-electron chi connectivity index (χ2n) is 6.22.